The number of nitrogens with two attached hydrogens (primary N) is 1. The van der Waals surface area contributed by atoms with Crippen molar-refractivity contribution >= 4 is 11.7 Å². The molecule has 112 valence electrons. The maximum absolute atomic E-state index is 12.0. The van der Waals surface area contributed by atoms with Crippen molar-refractivity contribution in [2.24, 2.45) is 5.92 Å². The number of aromatic nitrogens is 2. The van der Waals surface area contributed by atoms with Gasteiger partial charge in [-0.05, 0) is 13.0 Å². The van der Waals surface area contributed by atoms with E-state index in [1.807, 2.05) is 13.8 Å². The van der Waals surface area contributed by atoms with E-state index in [4.69, 9.17) is 5.73 Å². The molecule has 0 bridgehead atoms. The number of H-pyrrole nitrogens is 1. The Balaban J connectivity index is 2.51. The number of anilines is 1. The Morgan fingerprint density at radius 3 is 2.80 bits per heavy atom. The van der Waals surface area contributed by atoms with Gasteiger partial charge in [-0.25, -0.2) is 4.98 Å². The minimum absolute atomic E-state index is 0.0481. The molecular formula is C13H23N5O2. The predicted octanol–water partition coefficient (Wildman–Crippen LogP) is -0.355. The van der Waals surface area contributed by atoms with Crippen molar-refractivity contribution in [3.05, 3.63) is 22.2 Å². The highest BCUT2D eigenvalue weighted by Crippen LogP contribution is 2.07. The highest BCUT2D eigenvalue weighted by atomic mass is 16.2. The van der Waals surface area contributed by atoms with E-state index in [1.54, 1.807) is 7.05 Å². The van der Waals surface area contributed by atoms with Crippen LogP contribution in [0.2, 0.25) is 0 Å². The number of likely N-dealkylation sites (N-methyl/N-ethyl adjacent to an activating group) is 1. The summed E-state index contributed by atoms with van der Waals surface area (Å²) < 4.78 is 0. The number of nitrogens with one attached hydrogen (secondary N) is 3. The van der Waals surface area contributed by atoms with Crippen LogP contribution in [-0.4, -0.2) is 35.5 Å². The largest absolute Gasteiger partial charge is 0.383 e. The van der Waals surface area contributed by atoms with Crippen LogP contribution in [0.4, 0.5) is 5.82 Å². The first-order valence-corrected chi connectivity index (χ1v) is 6.78. The van der Waals surface area contributed by atoms with Crippen LogP contribution in [0.15, 0.2) is 10.9 Å². The van der Waals surface area contributed by atoms with Gasteiger partial charge in [0.15, 0.2) is 0 Å². The molecule has 0 saturated carbocycles. The van der Waals surface area contributed by atoms with Gasteiger partial charge < -0.3 is 21.4 Å². The van der Waals surface area contributed by atoms with Crippen LogP contribution in [0.25, 0.3) is 0 Å². The molecule has 1 heterocycles. The monoisotopic (exact) mass is 281 g/mol. The number of rotatable bonds is 7. The molecule has 2 atom stereocenters. The molecule has 0 spiro atoms. The fourth-order valence-corrected chi connectivity index (χ4v) is 1.97. The van der Waals surface area contributed by atoms with Gasteiger partial charge in [-0.15, -0.1) is 0 Å². The highest BCUT2D eigenvalue weighted by Gasteiger charge is 2.21. The maximum atomic E-state index is 12.0. The fourth-order valence-electron chi connectivity index (χ4n) is 1.97. The average Bonchev–Trinajstić information content (AvgIpc) is 2.38. The molecule has 1 rings (SSSR count). The Kier molecular flexibility index (Phi) is 6.17. The Morgan fingerprint density at radius 2 is 2.25 bits per heavy atom. The number of carbonyl (C=O) groups is 1. The minimum atomic E-state index is -0.286. The molecule has 1 amide bonds. The smallest absolute Gasteiger partial charge is 0.252 e. The third-order valence-electron chi connectivity index (χ3n) is 3.28. The minimum Gasteiger partial charge on any atom is -0.383 e. The number of carbonyl (C=O) groups excluding carboxylic acids is 1. The van der Waals surface area contributed by atoms with Crippen molar-refractivity contribution in [3.8, 4) is 0 Å². The Morgan fingerprint density at radius 1 is 1.55 bits per heavy atom. The zero-order valence-electron chi connectivity index (χ0n) is 12.2. The van der Waals surface area contributed by atoms with E-state index in [0.29, 0.717) is 18.8 Å². The van der Waals surface area contributed by atoms with Crippen LogP contribution in [0.3, 0.4) is 0 Å². The fraction of sp³-hybridized carbons (Fsp3) is 0.615. The van der Waals surface area contributed by atoms with Gasteiger partial charge in [0, 0.05) is 19.0 Å². The van der Waals surface area contributed by atoms with Crippen LogP contribution in [-0.2, 0) is 11.2 Å². The van der Waals surface area contributed by atoms with Crippen LogP contribution in [0.1, 0.15) is 26.1 Å². The van der Waals surface area contributed by atoms with Crippen molar-refractivity contribution in [1.29, 1.82) is 0 Å². The molecule has 0 fully saturated rings. The molecule has 0 unspecified atom stereocenters. The number of hydrogen-bond donors (Lipinski definition) is 4. The summed E-state index contributed by atoms with van der Waals surface area (Å²) in [6.07, 6.45) is 1.35. The standard InChI is InChI=1S/C13H23N5O2/c1-4-8(2)12(15-3)13(20)16-6-5-10-17-9(14)7-11(19)18-10/h7-8,12,15H,4-6H2,1-3H3,(H,16,20)(H3,14,17,18,19)/t8-,12+/m1/s1. The van der Waals surface area contributed by atoms with Crippen LogP contribution in [0.5, 0.6) is 0 Å². The van der Waals surface area contributed by atoms with E-state index in [9.17, 15) is 9.59 Å². The summed E-state index contributed by atoms with van der Waals surface area (Å²) >= 11 is 0. The molecule has 0 radical (unpaired) electrons. The summed E-state index contributed by atoms with van der Waals surface area (Å²) in [5.74, 6) is 0.862. The van der Waals surface area contributed by atoms with Gasteiger partial charge in [0.05, 0.1) is 6.04 Å². The normalized spacial score (nSPS) is 13.8. The lowest BCUT2D eigenvalue weighted by atomic mass is 9.98. The van der Waals surface area contributed by atoms with Gasteiger partial charge in [-0.2, -0.15) is 0 Å². The Hall–Kier alpha value is -1.89. The lowest BCUT2D eigenvalue weighted by Gasteiger charge is -2.21. The number of nitrogens with zero attached hydrogens (tertiary/aromatic N) is 1. The van der Waals surface area contributed by atoms with Crippen molar-refractivity contribution in [1.82, 2.24) is 20.6 Å². The molecule has 7 heteroatoms. The van der Waals surface area contributed by atoms with Gasteiger partial charge in [0.2, 0.25) is 5.91 Å². The van der Waals surface area contributed by atoms with Crippen molar-refractivity contribution in [2.75, 3.05) is 19.3 Å². The van der Waals surface area contributed by atoms with Crippen molar-refractivity contribution < 1.29 is 4.79 Å². The van der Waals surface area contributed by atoms with E-state index < -0.39 is 0 Å². The molecule has 5 N–H and O–H groups in total. The molecule has 0 aliphatic heterocycles. The van der Waals surface area contributed by atoms with E-state index in [1.165, 1.54) is 6.07 Å². The number of amides is 1. The summed E-state index contributed by atoms with van der Waals surface area (Å²) in [5, 5.41) is 5.85. The van der Waals surface area contributed by atoms with Gasteiger partial charge in [0.1, 0.15) is 11.6 Å². The zero-order chi connectivity index (χ0) is 15.1. The van der Waals surface area contributed by atoms with E-state index in [2.05, 4.69) is 20.6 Å². The third kappa shape index (κ3) is 4.65. The number of aromatic amines is 1. The second-order valence-electron chi connectivity index (χ2n) is 4.81. The first-order chi connectivity index (χ1) is 9.47. The lowest BCUT2D eigenvalue weighted by Crippen LogP contribution is -2.47. The molecule has 20 heavy (non-hydrogen) atoms. The van der Waals surface area contributed by atoms with Crippen LogP contribution >= 0.6 is 0 Å². The third-order valence-corrected chi connectivity index (χ3v) is 3.28. The first kappa shape index (κ1) is 16.2. The molecule has 0 aliphatic carbocycles. The molecular weight excluding hydrogens is 258 g/mol. The van der Waals surface area contributed by atoms with E-state index in [0.717, 1.165) is 6.42 Å². The Labute approximate surface area is 118 Å². The van der Waals surface area contributed by atoms with Gasteiger partial charge in [0.25, 0.3) is 5.56 Å². The summed E-state index contributed by atoms with van der Waals surface area (Å²) in [7, 11) is 1.77. The molecule has 7 nitrogen and oxygen atoms in total. The van der Waals surface area contributed by atoms with Gasteiger partial charge >= 0.3 is 0 Å². The first-order valence-electron chi connectivity index (χ1n) is 6.78. The average molecular weight is 281 g/mol. The van der Waals surface area contributed by atoms with E-state index >= 15 is 0 Å². The second-order valence-corrected chi connectivity index (χ2v) is 4.81. The SMILES string of the molecule is CC[C@@H](C)[C@H](NC)C(=O)NCCc1nc(N)cc(=O)[nH]1. The maximum Gasteiger partial charge on any atom is 0.252 e. The predicted molar refractivity (Wildman–Crippen MR) is 78.3 cm³/mol. The van der Waals surface area contributed by atoms with Crippen molar-refractivity contribution in [2.45, 2.75) is 32.7 Å². The number of hydrogen-bond acceptors (Lipinski definition) is 5. The lowest BCUT2D eigenvalue weighted by molar-refractivity contribution is -0.124. The molecule has 0 aromatic carbocycles. The summed E-state index contributed by atoms with van der Waals surface area (Å²) in [5.41, 5.74) is 5.20. The van der Waals surface area contributed by atoms with Gasteiger partial charge in [-0.3, -0.25) is 9.59 Å². The van der Waals surface area contributed by atoms with E-state index in [-0.39, 0.29) is 29.2 Å². The number of nitrogen functional groups attached to an aromatic ring is 1. The topological polar surface area (TPSA) is 113 Å². The summed E-state index contributed by atoms with van der Waals surface area (Å²) in [6.45, 7) is 4.47. The van der Waals surface area contributed by atoms with Crippen LogP contribution < -0.4 is 21.9 Å². The summed E-state index contributed by atoms with van der Waals surface area (Å²) in [4.78, 5) is 29.8. The highest BCUT2D eigenvalue weighted by molar-refractivity contribution is 5.81. The van der Waals surface area contributed by atoms with Crippen LogP contribution in [0, 0.1) is 5.92 Å². The molecule has 1 aromatic heterocycles. The van der Waals surface area contributed by atoms with Crippen molar-refractivity contribution in [3.63, 3.8) is 0 Å². The zero-order valence-corrected chi connectivity index (χ0v) is 12.2. The van der Waals surface area contributed by atoms with Gasteiger partial charge in [-0.1, -0.05) is 20.3 Å². The second kappa shape index (κ2) is 7.64. The summed E-state index contributed by atoms with van der Waals surface area (Å²) in [6, 6.07) is 1.01. The molecule has 0 saturated heterocycles. The Bertz CT molecular complexity index is 500. The molecule has 0 aliphatic rings. The molecule has 1 aromatic rings. The quantitative estimate of drug-likeness (QED) is 0.545.